The van der Waals surface area contributed by atoms with Crippen molar-refractivity contribution in [3.8, 4) is 5.75 Å². The summed E-state index contributed by atoms with van der Waals surface area (Å²) < 4.78 is 31.5. The number of anilines is 1. The molecule has 36 heavy (non-hydrogen) atoms. The number of halogens is 2. The van der Waals surface area contributed by atoms with E-state index in [4.69, 9.17) is 27.9 Å². The Hall–Kier alpha value is -2.49. The SMILES string of the molecule is CC[C@H](C(=O)NCC(C)C)N(Cc1ccc(OC)cc1)C(=O)CN(c1ccc(Cl)cc1Cl)S(C)(=O)=O. The van der Waals surface area contributed by atoms with Crippen LogP contribution in [0.3, 0.4) is 0 Å². The summed E-state index contributed by atoms with van der Waals surface area (Å²) in [6, 6.07) is 10.6. The van der Waals surface area contributed by atoms with E-state index in [1.54, 1.807) is 38.3 Å². The van der Waals surface area contributed by atoms with Crippen LogP contribution < -0.4 is 14.4 Å². The molecule has 0 aliphatic heterocycles. The number of amides is 2. The maximum atomic E-state index is 13.7. The molecule has 198 valence electrons. The number of methoxy groups -OCH3 is 1. The zero-order chi connectivity index (χ0) is 27.0. The minimum atomic E-state index is -3.90. The molecule has 0 saturated heterocycles. The van der Waals surface area contributed by atoms with Gasteiger partial charge in [-0.15, -0.1) is 0 Å². The third-order valence-corrected chi connectivity index (χ3v) is 7.10. The largest absolute Gasteiger partial charge is 0.497 e. The van der Waals surface area contributed by atoms with Crippen molar-refractivity contribution >= 4 is 50.7 Å². The lowest BCUT2D eigenvalue weighted by atomic mass is 10.1. The highest BCUT2D eigenvalue weighted by Crippen LogP contribution is 2.30. The summed E-state index contributed by atoms with van der Waals surface area (Å²) >= 11 is 12.2. The molecule has 0 radical (unpaired) electrons. The smallest absolute Gasteiger partial charge is 0.244 e. The lowest BCUT2D eigenvalue weighted by Gasteiger charge is -2.33. The number of sulfonamides is 1. The Bertz CT molecular complexity index is 1160. The highest BCUT2D eigenvalue weighted by molar-refractivity contribution is 7.92. The molecule has 2 aromatic rings. The number of rotatable bonds is 12. The molecule has 0 spiro atoms. The fourth-order valence-electron chi connectivity index (χ4n) is 3.55. The maximum absolute atomic E-state index is 13.7. The number of carbonyl (C=O) groups is 2. The lowest BCUT2D eigenvalue weighted by molar-refractivity contribution is -0.140. The van der Waals surface area contributed by atoms with Crippen LogP contribution in [0.4, 0.5) is 5.69 Å². The van der Waals surface area contributed by atoms with Gasteiger partial charge in [-0.1, -0.05) is 56.1 Å². The summed E-state index contributed by atoms with van der Waals surface area (Å²) in [5.41, 5.74) is 0.883. The van der Waals surface area contributed by atoms with Crippen LogP contribution >= 0.6 is 23.2 Å². The number of nitrogens with zero attached hydrogens (tertiary/aromatic N) is 2. The van der Waals surface area contributed by atoms with Gasteiger partial charge in [0, 0.05) is 18.1 Å². The van der Waals surface area contributed by atoms with Crippen LogP contribution in [0.2, 0.25) is 10.0 Å². The van der Waals surface area contributed by atoms with Gasteiger partial charge >= 0.3 is 0 Å². The maximum Gasteiger partial charge on any atom is 0.244 e. The van der Waals surface area contributed by atoms with Crippen molar-refractivity contribution in [1.29, 1.82) is 0 Å². The number of benzene rings is 2. The first kappa shape index (κ1) is 29.7. The minimum Gasteiger partial charge on any atom is -0.497 e. The van der Waals surface area contributed by atoms with Crippen molar-refractivity contribution in [2.75, 3.05) is 30.8 Å². The number of ether oxygens (including phenoxy) is 1. The highest BCUT2D eigenvalue weighted by atomic mass is 35.5. The second-order valence-electron chi connectivity index (χ2n) is 8.80. The van der Waals surface area contributed by atoms with E-state index in [1.807, 2.05) is 13.8 Å². The van der Waals surface area contributed by atoms with E-state index in [2.05, 4.69) is 5.32 Å². The molecule has 2 amide bonds. The number of carbonyl (C=O) groups excluding carboxylic acids is 2. The normalized spacial score (nSPS) is 12.2. The van der Waals surface area contributed by atoms with Crippen LogP contribution in [-0.4, -0.2) is 57.6 Å². The molecule has 0 aliphatic carbocycles. The molecule has 0 fully saturated rings. The first-order valence-corrected chi connectivity index (χ1v) is 14.1. The molecular weight excluding hydrogens is 525 g/mol. The summed E-state index contributed by atoms with van der Waals surface area (Å²) in [5.74, 6) is 0.0289. The van der Waals surface area contributed by atoms with Gasteiger partial charge in [-0.2, -0.15) is 0 Å². The Morgan fingerprint density at radius 1 is 1.08 bits per heavy atom. The predicted molar refractivity (Wildman–Crippen MR) is 144 cm³/mol. The second-order valence-corrected chi connectivity index (χ2v) is 11.5. The summed E-state index contributed by atoms with van der Waals surface area (Å²) in [6.45, 7) is 5.77. The van der Waals surface area contributed by atoms with Gasteiger partial charge in [0.2, 0.25) is 21.8 Å². The molecule has 0 heterocycles. The lowest BCUT2D eigenvalue weighted by Crippen LogP contribution is -2.52. The molecular formula is C25H33Cl2N3O5S. The van der Waals surface area contributed by atoms with Gasteiger partial charge in [0.1, 0.15) is 18.3 Å². The van der Waals surface area contributed by atoms with Gasteiger partial charge in [-0.05, 0) is 48.2 Å². The Morgan fingerprint density at radius 2 is 1.72 bits per heavy atom. The minimum absolute atomic E-state index is 0.0872. The first-order chi connectivity index (χ1) is 16.9. The molecule has 0 bridgehead atoms. The Morgan fingerprint density at radius 3 is 2.22 bits per heavy atom. The van der Waals surface area contributed by atoms with Crippen molar-refractivity contribution in [2.24, 2.45) is 5.92 Å². The number of hydrogen-bond donors (Lipinski definition) is 1. The Kier molecular flexibility index (Phi) is 10.9. The van der Waals surface area contributed by atoms with Crippen LogP contribution in [0.5, 0.6) is 5.75 Å². The van der Waals surface area contributed by atoms with Gasteiger partial charge in [0.15, 0.2) is 0 Å². The van der Waals surface area contributed by atoms with E-state index in [0.29, 0.717) is 23.7 Å². The zero-order valence-electron chi connectivity index (χ0n) is 21.1. The molecule has 2 aromatic carbocycles. The van der Waals surface area contributed by atoms with E-state index >= 15 is 0 Å². The van der Waals surface area contributed by atoms with E-state index in [0.717, 1.165) is 16.1 Å². The van der Waals surface area contributed by atoms with Crippen molar-refractivity contribution in [2.45, 2.75) is 39.8 Å². The monoisotopic (exact) mass is 557 g/mol. The number of nitrogens with one attached hydrogen (secondary N) is 1. The van der Waals surface area contributed by atoms with Gasteiger partial charge in [-0.3, -0.25) is 13.9 Å². The zero-order valence-corrected chi connectivity index (χ0v) is 23.5. The molecule has 0 unspecified atom stereocenters. The van der Waals surface area contributed by atoms with Gasteiger partial charge < -0.3 is 15.0 Å². The quantitative estimate of drug-likeness (QED) is 0.418. The molecule has 11 heteroatoms. The van der Waals surface area contributed by atoms with Gasteiger partial charge in [0.25, 0.3) is 0 Å². The summed E-state index contributed by atoms with van der Waals surface area (Å²) in [6.07, 6.45) is 1.33. The van der Waals surface area contributed by atoms with Gasteiger partial charge in [-0.25, -0.2) is 8.42 Å². The second kappa shape index (κ2) is 13.2. The molecule has 8 nitrogen and oxygen atoms in total. The third-order valence-electron chi connectivity index (χ3n) is 5.44. The molecule has 0 saturated carbocycles. The third kappa shape index (κ3) is 8.28. The fraction of sp³-hybridized carbons (Fsp3) is 0.440. The van der Waals surface area contributed by atoms with Crippen molar-refractivity contribution < 1.29 is 22.7 Å². The Balaban J connectivity index is 2.45. The van der Waals surface area contributed by atoms with E-state index in [1.165, 1.54) is 23.1 Å². The average Bonchev–Trinajstić information content (AvgIpc) is 2.81. The van der Waals surface area contributed by atoms with Crippen molar-refractivity contribution in [1.82, 2.24) is 10.2 Å². The van der Waals surface area contributed by atoms with Crippen molar-refractivity contribution in [3.05, 3.63) is 58.1 Å². The van der Waals surface area contributed by atoms with Crippen LogP contribution in [0.25, 0.3) is 0 Å². The topological polar surface area (TPSA) is 96.0 Å². The highest BCUT2D eigenvalue weighted by Gasteiger charge is 2.32. The summed E-state index contributed by atoms with van der Waals surface area (Å²) in [7, 11) is -2.34. The van der Waals surface area contributed by atoms with Crippen LogP contribution in [-0.2, 0) is 26.2 Å². The molecule has 1 atom stereocenters. The molecule has 2 rings (SSSR count). The molecule has 1 N–H and O–H groups in total. The fourth-order valence-corrected chi connectivity index (χ4v) is 4.97. The summed E-state index contributed by atoms with van der Waals surface area (Å²) in [4.78, 5) is 28.1. The number of hydrogen-bond acceptors (Lipinski definition) is 5. The van der Waals surface area contributed by atoms with E-state index < -0.39 is 28.5 Å². The standard InChI is InChI=1S/C25H33Cl2N3O5S/c1-6-22(25(32)28-14-17(2)3)29(15-18-7-10-20(35-4)11-8-18)24(31)16-30(36(5,33)34)23-12-9-19(26)13-21(23)27/h7-13,17,22H,6,14-16H2,1-5H3,(H,28,32)/t22-/m1/s1. The van der Waals surface area contributed by atoms with E-state index in [9.17, 15) is 18.0 Å². The predicted octanol–water partition coefficient (Wildman–Crippen LogP) is 4.35. The molecule has 0 aliphatic rings. The van der Waals surface area contributed by atoms with Crippen LogP contribution in [0.15, 0.2) is 42.5 Å². The van der Waals surface area contributed by atoms with Crippen molar-refractivity contribution in [3.63, 3.8) is 0 Å². The Labute approximate surface area is 223 Å². The van der Waals surface area contributed by atoms with Gasteiger partial charge in [0.05, 0.1) is 24.1 Å². The molecule has 0 aromatic heterocycles. The van der Waals surface area contributed by atoms with Crippen LogP contribution in [0.1, 0.15) is 32.8 Å². The van der Waals surface area contributed by atoms with Crippen LogP contribution in [0, 0.1) is 5.92 Å². The van der Waals surface area contributed by atoms with E-state index in [-0.39, 0.29) is 29.1 Å². The average molecular weight is 559 g/mol. The first-order valence-electron chi connectivity index (χ1n) is 11.5. The summed E-state index contributed by atoms with van der Waals surface area (Å²) in [5, 5.41) is 3.30.